The first kappa shape index (κ1) is 16.5. The summed E-state index contributed by atoms with van der Waals surface area (Å²) < 4.78 is 0. The van der Waals surface area contributed by atoms with Crippen molar-refractivity contribution < 1.29 is 0 Å². The van der Waals surface area contributed by atoms with Crippen LogP contribution >= 0.6 is 11.8 Å². The summed E-state index contributed by atoms with van der Waals surface area (Å²) in [6.07, 6.45) is 2.11. The maximum absolute atomic E-state index is 3.68. The second kappa shape index (κ2) is 8.62. The van der Waals surface area contributed by atoms with Crippen LogP contribution in [0, 0.1) is 0 Å². The molecule has 0 saturated heterocycles. The molecule has 19 heavy (non-hydrogen) atoms. The number of benzene rings is 1. The Hall–Kier alpha value is -0.510. The molecular weight excluding hydrogens is 252 g/mol. The van der Waals surface area contributed by atoms with E-state index in [-0.39, 0.29) is 0 Å². The highest BCUT2D eigenvalue weighted by molar-refractivity contribution is 7.98. The molecule has 1 aromatic rings. The van der Waals surface area contributed by atoms with E-state index < -0.39 is 0 Å². The lowest BCUT2D eigenvalue weighted by Crippen LogP contribution is -2.40. The maximum atomic E-state index is 3.68. The van der Waals surface area contributed by atoms with Crippen LogP contribution in [-0.4, -0.2) is 36.8 Å². The van der Waals surface area contributed by atoms with E-state index in [1.54, 1.807) is 11.8 Å². The number of nitrogens with one attached hydrogen (secondary N) is 1. The van der Waals surface area contributed by atoms with Crippen LogP contribution in [0.15, 0.2) is 29.2 Å². The molecule has 0 bridgehead atoms. The molecule has 0 aliphatic rings. The third-order valence-corrected chi connectivity index (χ3v) is 4.32. The van der Waals surface area contributed by atoms with Gasteiger partial charge in [-0.1, -0.05) is 26.0 Å². The Labute approximate surface area is 123 Å². The molecule has 2 unspecified atom stereocenters. The van der Waals surface area contributed by atoms with E-state index in [1.165, 1.54) is 10.5 Å². The van der Waals surface area contributed by atoms with Crippen molar-refractivity contribution in [3.05, 3.63) is 29.8 Å². The lowest BCUT2D eigenvalue weighted by Gasteiger charge is -2.26. The van der Waals surface area contributed by atoms with Crippen molar-refractivity contribution in [2.45, 2.75) is 44.7 Å². The van der Waals surface area contributed by atoms with Crippen molar-refractivity contribution in [2.24, 2.45) is 0 Å². The Kier molecular flexibility index (Phi) is 7.51. The van der Waals surface area contributed by atoms with Gasteiger partial charge < -0.3 is 10.2 Å². The molecule has 3 heteroatoms. The molecule has 0 spiro atoms. The Morgan fingerprint density at radius 2 is 1.68 bits per heavy atom. The van der Waals surface area contributed by atoms with Crippen LogP contribution in [0.4, 0.5) is 0 Å². The molecule has 0 fully saturated rings. The minimum Gasteiger partial charge on any atom is -0.306 e. The average molecular weight is 280 g/mol. The number of hydrogen-bond acceptors (Lipinski definition) is 3. The lowest BCUT2D eigenvalue weighted by atomic mass is 10.1. The molecule has 0 saturated carbocycles. The molecule has 2 atom stereocenters. The Balaban J connectivity index is 2.50. The fourth-order valence-corrected chi connectivity index (χ4v) is 2.75. The van der Waals surface area contributed by atoms with Crippen molar-refractivity contribution in [2.75, 3.05) is 25.9 Å². The predicted octanol–water partition coefficient (Wildman–Crippen LogP) is 3.79. The van der Waals surface area contributed by atoms with Crippen LogP contribution in [-0.2, 0) is 0 Å². The van der Waals surface area contributed by atoms with Crippen molar-refractivity contribution in [1.29, 1.82) is 0 Å². The maximum Gasteiger partial charge on any atom is 0.0294 e. The summed E-state index contributed by atoms with van der Waals surface area (Å²) in [5.74, 6) is 0. The standard InChI is InChI=1S/C16H28N2S/c1-6-18(7-2)12-13(3)17-14(4)15-8-10-16(19-5)11-9-15/h8-11,13-14,17H,6-7,12H2,1-5H3. The SMILES string of the molecule is CCN(CC)CC(C)NC(C)c1ccc(SC)cc1. The topological polar surface area (TPSA) is 15.3 Å². The van der Waals surface area contributed by atoms with Gasteiger partial charge in [-0.25, -0.2) is 0 Å². The summed E-state index contributed by atoms with van der Waals surface area (Å²) in [5, 5.41) is 3.68. The number of hydrogen-bond donors (Lipinski definition) is 1. The van der Waals surface area contributed by atoms with E-state index in [2.05, 4.69) is 68.4 Å². The number of likely N-dealkylation sites (N-methyl/N-ethyl adjacent to an activating group) is 1. The van der Waals surface area contributed by atoms with Gasteiger partial charge in [0.15, 0.2) is 0 Å². The van der Waals surface area contributed by atoms with E-state index in [0.29, 0.717) is 12.1 Å². The highest BCUT2D eigenvalue weighted by Gasteiger charge is 2.11. The highest BCUT2D eigenvalue weighted by Crippen LogP contribution is 2.19. The Morgan fingerprint density at radius 1 is 1.11 bits per heavy atom. The van der Waals surface area contributed by atoms with Crippen molar-refractivity contribution in [3.63, 3.8) is 0 Å². The van der Waals surface area contributed by atoms with E-state index in [0.717, 1.165) is 19.6 Å². The van der Waals surface area contributed by atoms with Crippen LogP contribution in [0.3, 0.4) is 0 Å². The average Bonchev–Trinajstić information content (AvgIpc) is 2.44. The van der Waals surface area contributed by atoms with Crippen LogP contribution in [0.5, 0.6) is 0 Å². The summed E-state index contributed by atoms with van der Waals surface area (Å²) >= 11 is 1.79. The molecule has 0 aromatic heterocycles. The molecular formula is C16H28N2S. The van der Waals surface area contributed by atoms with Gasteiger partial charge >= 0.3 is 0 Å². The largest absolute Gasteiger partial charge is 0.306 e. The van der Waals surface area contributed by atoms with E-state index in [4.69, 9.17) is 0 Å². The van der Waals surface area contributed by atoms with Crippen LogP contribution in [0.2, 0.25) is 0 Å². The molecule has 0 heterocycles. The van der Waals surface area contributed by atoms with Crippen molar-refractivity contribution in [3.8, 4) is 0 Å². The zero-order valence-electron chi connectivity index (χ0n) is 12.9. The predicted molar refractivity (Wildman–Crippen MR) is 87.0 cm³/mol. The summed E-state index contributed by atoms with van der Waals surface area (Å²) in [7, 11) is 0. The second-order valence-electron chi connectivity index (χ2n) is 5.05. The van der Waals surface area contributed by atoms with Crippen molar-refractivity contribution >= 4 is 11.8 Å². The van der Waals surface area contributed by atoms with Gasteiger partial charge in [0.05, 0.1) is 0 Å². The first-order valence-corrected chi connectivity index (χ1v) is 8.45. The molecule has 1 N–H and O–H groups in total. The first-order chi connectivity index (χ1) is 9.10. The molecule has 1 rings (SSSR count). The molecule has 108 valence electrons. The van der Waals surface area contributed by atoms with Crippen LogP contribution in [0.25, 0.3) is 0 Å². The van der Waals surface area contributed by atoms with Gasteiger partial charge in [-0.2, -0.15) is 0 Å². The number of nitrogens with zero attached hydrogens (tertiary/aromatic N) is 1. The first-order valence-electron chi connectivity index (χ1n) is 7.23. The van der Waals surface area contributed by atoms with Gasteiger partial charge in [-0.15, -0.1) is 11.8 Å². The fraction of sp³-hybridized carbons (Fsp3) is 0.625. The number of rotatable bonds is 8. The van der Waals surface area contributed by atoms with Crippen LogP contribution in [0.1, 0.15) is 39.3 Å². The summed E-state index contributed by atoms with van der Waals surface area (Å²) in [6, 6.07) is 9.78. The smallest absolute Gasteiger partial charge is 0.0294 e. The summed E-state index contributed by atoms with van der Waals surface area (Å²) in [5.41, 5.74) is 1.36. The molecule has 2 nitrogen and oxygen atoms in total. The molecule has 0 amide bonds. The fourth-order valence-electron chi connectivity index (χ4n) is 2.34. The zero-order chi connectivity index (χ0) is 14.3. The van der Waals surface area contributed by atoms with E-state index >= 15 is 0 Å². The third kappa shape index (κ3) is 5.55. The van der Waals surface area contributed by atoms with Gasteiger partial charge in [-0.3, -0.25) is 0 Å². The molecule has 0 aliphatic heterocycles. The lowest BCUT2D eigenvalue weighted by molar-refractivity contribution is 0.264. The van der Waals surface area contributed by atoms with Crippen molar-refractivity contribution in [1.82, 2.24) is 10.2 Å². The Bertz CT molecular complexity index is 346. The Morgan fingerprint density at radius 3 is 2.16 bits per heavy atom. The van der Waals surface area contributed by atoms with Gasteiger partial charge in [0.2, 0.25) is 0 Å². The van der Waals surface area contributed by atoms with Crippen LogP contribution < -0.4 is 5.32 Å². The quantitative estimate of drug-likeness (QED) is 0.729. The number of thioether (sulfide) groups is 1. The molecule has 1 aromatic carbocycles. The minimum atomic E-state index is 0.404. The van der Waals surface area contributed by atoms with Gasteiger partial charge in [0, 0.05) is 23.5 Å². The third-order valence-electron chi connectivity index (χ3n) is 3.58. The molecule has 0 radical (unpaired) electrons. The zero-order valence-corrected chi connectivity index (χ0v) is 13.8. The van der Waals surface area contributed by atoms with Gasteiger partial charge in [-0.05, 0) is 50.9 Å². The highest BCUT2D eigenvalue weighted by atomic mass is 32.2. The monoisotopic (exact) mass is 280 g/mol. The van der Waals surface area contributed by atoms with Gasteiger partial charge in [0.1, 0.15) is 0 Å². The normalized spacial score (nSPS) is 14.6. The molecule has 0 aliphatic carbocycles. The van der Waals surface area contributed by atoms with E-state index in [9.17, 15) is 0 Å². The van der Waals surface area contributed by atoms with E-state index in [1.807, 2.05) is 0 Å². The minimum absolute atomic E-state index is 0.404. The van der Waals surface area contributed by atoms with Gasteiger partial charge in [0.25, 0.3) is 0 Å². The summed E-state index contributed by atoms with van der Waals surface area (Å²) in [6.45, 7) is 12.3. The second-order valence-corrected chi connectivity index (χ2v) is 5.93. The summed E-state index contributed by atoms with van der Waals surface area (Å²) in [4.78, 5) is 3.79.